The zero-order valence-electron chi connectivity index (χ0n) is 15.3. The number of thioether (sulfide) groups is 1. The fraction of sp³-hybridized carbons (Fsp3) is 0.353. The lowest BCUT2D eigenvalue weighted by atomic mass is 10.3. The summed E-state index contributed by atoms with van der Waals surface area (Å²) in [5.74, 6) is 0.924. The number of aryl methyl sites for hydroxylation is 2. The maximum Gasteiger partial charge on any atom is 0.236 e. The molecule has 3 heterocycles. The van der Waals surface area contributed by atoms with Crippen LogP contribution in [-0.2, 0) is 31.2 Å². The van der Waals surface area contributed by atoms with Gasteiger partial charge in [-0.3, -0.25) is 10.1 Å². The van der Waals surface area contributed by atoms with Gasteiger partial charge in [-0.25, -0.2) is 0 Å². The number of carbonyl (C=O) groups is 1. The average Bonchev–Trinajstić information content (AvgIpc) is 3.36. The predicted octanol–water partition coefficient (Wildman–Crippen LogP) is 2.54. The molecule has 0 atom stereocenters. The van der Waals surface area contributed by atoms with E-state index in [0.717, 1.165) is 22.9 Å². The molecule has 27 heavy (non-hydrogen) atoms. The Labute approximate surface area is 165 Å². The standard InChI is InChI=1S/C17H21N7OS2/c1-4-8-24-13(10-12-7-6-9-23(12)3)19-22-17(24)26-11-14(25)18-16-21-20-15(5-2)27-16/h4,6-7,9H,1,5,8,10-11H2,2-3H3,(H,18,21,25). The maximum atomic E-state index is 12.2. The molecule has 1 amide bonds. The molecule has 3 aromatic heterocycles. The number of nitrogens with one attached hydrogen (secondary N) is 1. The first-order valence-corrected chi connectivity index (χ1v) is 10.3. The van der Waals surface area contributed by atoms with Crippen LogP contribution in [0.25, 0.3) is 0 Å². The van der Waals surface area contributed by atoms with Crippen LogP contribution in [0.15, 0.2) is 36.1 Å². The Morgan fingerprint density at radius 2 is 2.22 bits per heavy atom. The van der Waals surface area contributed by atoms with Crippen molar-refractivity contribution in [3.05, 3.63) is 47.5 Å². The molecule has 142 valence electrons. The number of aromatic nitrogens is 6. The van der Waals surface area contributed by atoms with E-state index in [-0.39, 0.29) is 11.7 Å². The fourth-order valence-electron chi connectivity index (χ4n) is 2.44. The Bertz CT molecular complexity index is 928. The smallest absolute Gasteiger partial charge is 0.236 e. The van der Waals surface area contributed by atoms with Crippen LogP contribution in [0.3, 0.4) is 0 Å². The summed E-state index contributed by atoms with van der Waals surface area (Å²) in [6.45, 7) is 6.40. The van der Waals surface area contributed by atoms with Crippen LogP contribution in [0.4, 0.5) is 5.13 Å². The summed E-state index contributed by atoms with van der Waals surface area (Å²) in [6, 6.07) is 4.06. The molecule has 0 aliphatic heterocycles. The van der Waals surface area contributed by atoms with Gasteiger partial charge in [0.1, 0.15) is 10.8 Å². The molecule has 0 saturated heterocycles. The zero-order chi connectivity index (χ0) is 19.2. The molecule has 10 heteroatoms. The monoisotopic (exact) mass is 403 g/mol. The van der Waals surface area contributed by atoms with Crippen molar-refractivity contribution in [3.8, 4) is 0 Å². The molecule has 0 aliphatic carbocycles. The SMILES string of the molecule is C=CCn1c(Cc2cccn2C)nnc1SCC(=O)Nc1nnc(CC)s1. The van der Waals surface area contributed by atoms with Crippen molar-refractivity contribution in [1.82, 2.24) is 29.5 Å². The third-order valence-corrected chi connectivity index (χ3v) is 5.79. The number of carbonyl (C=O) groups excluding carboxylic acids is 1. The molecule has 0 radical (unpaired) electrons. The van der Waals surface area contributed by atoms with Gasteiger partial charge in [0.2, 0.25) is 11.0 Å². The number of hydrogen-bond acceptors (Lipinski definition) is 7. The van der Waals surface area contributed by atoms with Gasteiger partial charge in [-0.2, -0.15) is 0 Å². The highest BCUT2D eigenvalue weighted by Gasteiger charge is 2.15. The third kappa shape index (κ3) is 4.83. The van der Waals surface area contributed by atoms with Gasteiger partial charge in [0.05, 0.1) is 5.75 Å². The zero-order valence-corrected chi connectivity index (χ0v) is 16.9. The van der Waals surface area contributed by atoms with E-state index in [1.54, 1.807) is 6.08 Å². The highest BCUT2D eigenvalue weighted by molar-refractivity contribution is 7.99. The van der Waals surface area contributed by atoms with Gasteiger partial charge < -0.3 is 9.13 Å². The van der Waals surface area contributed by atoms with Crippen LogP contribution >= 0.6 is 23.1 Å². The Morgan fingerprint density at radius 3 is 2.89 bits per heavy atom. The van der Waals surface area contributed by atoms with Crippen LogP contribution in [0.5, 0.6) is 0 Å². The molecular formula is C17H21N7OS2. The summed E-state index contributed by atoms with van der Waals surface area (Å²) >= 11 is 2.73. The van der Waals surface area contributed by atoms with Gasteiger partial charge in [-0.05, 0) is 18.6 Å². The number of amides is 1. The van der Waals surface area contributed by atoms with E-state index < -0.39 is 0 Å². The van der Waals surface area contributed by atoms with Crippen LogP contribution in [-0.4, -0.2) is 41.2 Å². The molecule has 0 bridgehead atoms. The summed E-state index contributed by atoms with van der Waals surface area (Å²) in [5.41, 5.74) is 1.14. The Balaban J connectivity index is 1.64. The summed E-state index contributed by atoms with van der Waals surface area (Å²) in [7, 11) is 2.00. The molecule has 1 N–H and O–H groups in total. The molecule has 0 fully saturated rings. The minimum Gasteiger partial charge on any atom is -0.354 e. The van der Waals surface area contributed by atoms with Gasteiger partial charge in [0.25, 0.3) is 0 Å². The molecule has 3 aromatic rings. The second kappa shape index (κ2) is 8.96. The summed E-state index contributed by atoms with van der Waals surface area (Å²) in [6.07, 6.45) is 5.27. The number of rotatable bonds is 9. The first kappa shape index (κ1) is 19.3. The minimum atomic E-state index is -0.143. The normalized spacial score (nSPS) is 10.9. The van der Waals surface area contributed by atoms with Crippen molar-refractivity contribution in [2.75, 3.05) is 11.1 Å². The van der Waals surface area contributed by atoms with Gasteiger partial charge in [-0.1, -0.05) is 36.1 Å². The topological polar surface area (TPSA) is 90.5 Å². The van der Waals surface area contributed by atoms with Crippen molar-refractivity contribution in [3.63, 3.8) is 0 Å². The summed E-state index contributed by atoms with van der Waals surface area (Å²) < 4.78 is 4.04. The van der Waals surface area contributed by atoms with Crippen molar-refractivity contribution in [2.45, 2.75) is 31.5 Å². The Hall–Kier alpha value is -2.46. The highest BCUT2D eigenvalue weighted by atomic mass is 32.2. The van der Waals surface area contributed by atoms with E-state index in [1.807, 2.05) is 30.8 Å². The van der Waals surface area contributed by atoms with E-state index in [9.17, 15) is 4.79 Å². The highest BCUT2D eigenvalue weighted by Crippen LogP contribution is 2.20. The number of hydrogen-bond donors (Lipinski definition) is 1. The molecular weight excluding hydrogens is 382 g/mol. The third-order valence-electron chi connectivity index (χ3n) is 3.84. The molecule has 0 unspecified atom stereocenters. The Morgan fingerprint density at radius 1 is 1.37 bits per heavy atom. The molecule has 0 saturated carbocycles. The van der Waals surface area contributed by atoms with Crippen LogP contribution < -0.4 is 5.32 Å². The van der Waals surface area contributed by atoms with Gasteiger partial charge in [-0.15, -0.1) is 27.0 Å². The maximum absolute atomic E-state index is 12.2. The van der Waals surface area contributed by atoms with E-state index in [0.29, 0.717) is 23.3 Å². The summed E-state index contributed by atoms with van der Waals surface area (Å²) in [5, 5.41) is 21.4. The molecule has 0 spiro atoms. The number of anilines is 1. The Kier molecular flexibility index (Phi) is 6.40. The lowest BCUT2D eigenvalue weighted by Gasteiger charge is -2.08. The number of nitrogens with zero attached hydrogens (tertiary/aromatic N) is 6. The first-order chi connectivity index (χ1) is 13.1. The fourth-order valence-corrected chi connectivity index (χ4v) is 3.91. The van der Waals surface area contributed by atoms with Gasteiger partial charge in [0, 0.05) is 31.9 Å². The van der Waals surface area contributed by atoms with E-state index in [4.69, 9.17) is 0 Å². The number of allylic oxidation sites excluding steroid dienone is 1. The second-order valence-electron chi connectivity index (χ2n) is 5.78. The van der Waals surface area contributed by atoms with E-state index in [2.05, 4.69) is 42.9 Å². The second-order valence-corrected chi connectivity index (χ2v) is 7.78. The van der Waals surface area contributed by atoms with Crippen LogP contribution in [0.1, 0.15) is 23.4 Å². The minimum absolute atomic E-state index is 0.143. The van der Waals surface area contributed by atoms with Crippen molar-refractivity contribution in [1.29, 1.82) is 0 Å². The quantitative estimate of drug-likeness (QED) is 0.436. The van der Waals surface area contributed by atoms with Crippen molar-refractivity contribution in [2.24, 2.45) is 7.05 Å². The van der Waals surface area contributed by atoms with Crippen LogP contribution in [0, 0.1) is 0 Å². The predicted molar refractivity (Wildman–Crippen MR) is 107 cm³/mol. The molecule has 0 aromatic carbocycles. The first-order valence-electron chi connectivity index (χ1n) is 8.49. The average molecular weight is 404 g/mol. The van der Waals surface area contributed by atoms with E-state index in [1.165, 1.54) is 23.1 Å². The lowest BCUT2D eigenvalue weighted by Crippen LogP contribution is -2.14. The molecule has 3 rings (SSSR count). The van der Waals surface area contributed by atoms with Gasteiger partial charge in [0.15, 0.2) is 5.16 Å². The van der Waals surface area contributed by atoms with E-state index >= 15 is 0 Å². The van der Waals surface area contributed by atoms with Gasteiger partial charge >= 0.3 is 0 Å². The summed E-state index contributed by atoms with van der Waals surface area (Å²) in [4.78, 5) is 12.2. The van der Waals surface area contributed by atoms with Crippen molar-refractivity contribution >= 4 is 34.1 Å². The molecule has 8 nitrogen and oxygen atoms in total. The molecule has 0 aliphatic rings. The largest absolute Gasteiger partial charge is 0.354 e. The van der Waals surface area contributed by atoms with Crippen LogP contribution in [0.2, 0.25) is 0 Å². The van der Waals surface area contributed by atoms with Crippen molar-refractivity contribution < 1.29 is 4.79 Å². The lowest BCUT2D eigenvalue weighted by molar-refractivity contribution is -0.113.